The van der Waals surface area contributed by atoms with E-state index in [1.54, 1.807) is 12.2 Å². The highest BCUT2D eigenvalue weighted by atomic mass is 32.1. The molecule has 0 bridgehead atoms. The highest BCUT2D eigenvalue weighted by molar-refractivity contribution is 7.17. The summed E-state index contributed by atoms with van der Waals surface area (Å²) in [6, 6.07) is 1.75. The van der Waals surface area contributed by atoms with Gasteiger partial charge in [-0.05, 0) is 37.6 Å². The van der Waals surface area contributed by atoms with Crippen molar-refractivity contribution in [1.82, 2.24) is 14.9 Å². The molecule has 2 aromatic rings. The Morgan fingerprint density at radius 2 is 2.29 bits per heavy atom. The van der Waals surface area contributed by atoms with Gasteiger partial charge in [0.2, 0.25) is 5.95 Å². The standard InChI is InChI=1S/C17H19N5OS/c1-4-6-12(18-3)11(2)19-17-20-13-7-10-24-15(13)14(21-17)16(23)22-8-5-9-22/h4,6-7,10-11H,1,3,5,8-9H2,2H3,(H,19,20,21)/b12-6-. The van der Waals surface area contributed by atoms with E-state index in [-0.39, 0.29) is 11.9 Å². The van der Waals surface area contributed by atoms with Crippen LogP contribution in [0.25, 0.3) is 10.2 Å². The molecular weight excluding hydrogens is 322 g/mol. The average Bonchev–Trinajstić information content (AvgIpc) is 2.98. The number of thiophene rings is 1. The van der Waals surface area contributed by atoms with Crippen molar-refractivity contribution < 1.29 is 4.79 Å². The Morgan fingerprint density at radius 1 is 1.50 bits per heavy atom. The first-order chi connectivity index (χ1) is 11.6. The van der Waals surface area contributed by atoms with Gasteiger partial charge in [0.05, 0.1) is 22.0 Å². The van der Waals surface area contributed by atoms with Gasteiger partial charge in [0.15, 0.2) is 5.69 Å². The fourth-order valence-electron chi connectivity index (χ4n) is 2.46. The third-order valence-electron chi connectivity index (χ3n) is 3.91. The minimum absolute atomic E-state index is 0.0319. The van der Waals surface area contributed by atoms with Crippen molar-refractivity contribution in [3.8, 4) is 0 Å². The number of anilines is 1. The van der Waals surface area contributed by atoms with Gasteiger partial charge in [-0.2, -0.15) is 0 Å². The molecule has 1 amide bonds. The molecule has 1 aliphatic rings. The summed E-state index contributed by atoms with van der Waals surface area (Å²) in [5, 5.41) is 5.12. The molecule has 24 heavy (non-hydrogen) atoms. The van der Waals surface area contributed by atoms with Crippen LogP contribution < -0.4 is 5.32 Å². The minimum Gasteiger partial charge on any atom is -0.346 e. The number of likely N-dealkylation sites (tertiary alicyclic amines) is 1. The average molecular weight is 341 g/mol. The van der Waals surface area contributed by atoms with Gasteiger partial charge in [0.1, 0.15) is 0 Å². The number of allylic oxidation sites excluding steroid dienone is 2. The van der Waals surface area contributed by atoms with Gasteiger partial charge in [0.25, 0.3) is 5.91 Å². The largest absolute Gasteiger partial charge is 0.346 e. The number of aliphatic imine (C=N–C) groups is 1. The van der Waals surface area contributed by atoms with Crippen molar-refractivity contribution in [2.45, 2.75) is 19.4 Å². The molecule has 7 heteroatoms. The third-order valence-corrected chi connectivity index (χ3v) is 4.82. The Labute approximate surface area is 144 Å². The number of carbonyl (C=O) groups excluding carboxylic acids is 1. The summed E-state index contributed by atoms with van der Waals surface area (Å²) < 4.78 is 0.828. The van der Waals surface area contributed by atoms with Crippen LogP contribution in [0.1, 0.15) is 23.8 Å². The van der Waals surface area contributed by atoms with Crippen molar-refractivity contribution in [1.29, 1.82) is 0 Å². The van der Waals surface area contributed by atoms with E-state index in [9.17, 15) is 4.79 Å². The topological polar surface area (TPSA) is 70.5 Å². The Balaban J connectivity index is 1.94. The van der Waals surface area contributed by atoms with E-state index in [1.165, 1.54) is 11.3 Å². The van der Waals surface area contributed by atoms with E-state index >= 15 is 0 Å². The van der Waals surface area contributed by atoms with Gasteiger partial charge in [-0.25, -0.2) is 9.97 Å². The Bertz CT molecular complexity index is 821. The second-order valence-electron chi connectivity index (χ2n) is 5.53. The lowest BCUT2D eigenvalue weighted by Crippen LogP contribution is -2.42. The molecule has 1 N–H and O–H groups in total. The molecule has 6 nitrogen and oxygen atoms in total. The summed E-state index contributed by atoms with van der Waals surface area (Å²) in [6.45, 7) is 10.8. The molecule has 1 atom stereocenters. The second kappa shape index (κ2) is 6.92. The molecule has 2 aromatic heterocycles. The van der Waals surface area contributed by atoms with Gasteiger partial charge in [0, 0.05) is 13.1 Å². The van der Waals surface area contributed by atoms with E-state index in [0.29, 0.717) is 11.6 Å². The lowest BCUT2D eigenvalue weighted by atomic mass is 10.2. The highest BCUT2D eigenvalue weighted by Crippen LogP contribution is 2.26. The third kappa shape index (κ3) is 3.07. The zero-order chi connectivity index (χ0) is 17.1. The number of fused-ring (bicyclic) bond motifs is 1. The van der Waals surface area contributed by atoms with Gasteiger partial charge in [-0.1, -0.05) is 12.7 Å². The first-order valence-corrected chi connectivity index (χ1v) is 8.62. The van der Waals surface area contributed by atoms with Gasteiger partial charge >= 0.3 is 0 Å². The molecule has 1 unspecified atom stereocenters. The Hall–Kier alpha value is -2.54. The lowest BCUT2D eigenvalue weighted by molar-refractivity contribution is 0.0648. The number of aromatic nitrogens is 2. The van der Waals surface area contributed by atoms with E-state index in [1.807, 2.05) is 23.3 Å². The van der Waals surface area contributed by atoms with Crippen molar-refractivity contribution >= 4 is 40.1 Å². The van der Waals surface area contributed by atoms with Crippen LogP contribution in [0.5, 0.6) is 0 Å². The maximum absolute atomic E-state index is 12.6. The summed E-state index contributed by atoms with van der Waals surface area (Å²) >= 11 is 1.49. The molecule has 1 fully saturated rings. The number of amides is 1. The molecule has 0 spiro atoms. The second-order valence-corrected chi connectivity index (χ2v) is 6.44. The van der Waals surface area contributed by atoms with Crippen LogP contribution in [0.4, 0.5) is 5.95 Å². The van der Waals surface area contributed by atoms with Crippen molar-refractivity contribution in [3.63, 3.8) is 0 Å². The van der Waals surface area contributed by atoms with E-state index < -0.39 is 0 Å². The van der Waals surface area contributed by atoms with E-state index in [0.717, 1.165) is 35.4 Å². The van der Waals surface area contributed by atoms with Gasteiger partial charge in [-0.3, -0.25) is 9.79 Å². The zero-order valence-corrected chi connectivity index (χ0v) is 14.3. The van der Waals surface area contributed by atoms with Crippen molar-refractivity contribution in [2.24, 2.45) is 4.99 Å². The molecule has 0 aliphatic carbocycles. The summed E-state index contributed by atoms with van der Waals surface area (Å²) in [5.41, 5.74) is 1.97. The van der Waals surface area contributed by atoms with Crippen LogP contribution in [-0.4, -0.2) is 46.6 Å². The smallest absolute Gasteiger partial charge is 0.274 e. The highest BCUT2D eigenvalue weighted by Gasteiger charge is 2.26. The summed E-state index contributed by atoms with van der Waals surface area (Å²) in [7, 11) is 0. The van der Waals surface area contributed by atoms with Crippen LogP contribution in [0.15, 0.2) is 40.9 Å². The number of hydrogen-bond acceptors (Lipinski definition) is 6. The monoisotopic (exact) mass is 341 g/mol. The normalized spacial score (nSPS) is 15.7. The minimum atomic E-state index is -0.149. The van der Waals surface area contributed by atoms with Crippen LogP contribution in [0.2, 0.25) is 0 Å². The quantitative estimate of drug-likeness (QED) is 0.647. The van der Waals surface area contributed by atoms with E-state index in [4.69, 9.17) is 0 Å². The molecule has 0 radical (unpaired) electrons. The number of rotatable bonds is 6. The summed E-state index contributed by atoms with van der Waals surface area (Å²) in [6.07, 6.45) is 4.48. The number of hydrogen-bond donors (Lipinski definition) is 1. The van der Waals surface area contributed by atoms with Gasteiger partial charge in [-0.15, -0.1) is 11.3 Å². The fourth-order valence-corrected chi connectivity index (χ4v) is 3.28. The Kier molecular flexibility index (Phi) is 4.71. The first kappa shape index (κ1) is 16.3. The summed E-state index contributed by atoms with van der Waals surface area (Å²) in [5.74, 6) is 0.381. The fraction of sp³-hybridized carbons (Fsp3) is 0.294. The van der Waals surface area contributed by atoms with Crippen LogP contribution in [-0.2, 0) is 0 Å². The van der Waals surface area contributed by atoms with E-state index in [2.05, 4.69) is 33.6 Å². The molecular formula is C17H19N5OS. The first-order valence-electron chi connectivity index (χ1n) is 7.74. The predicted molar refractivity (Wildman–Crippen MR) is 98.8 cm³/mol. The Morgan fingerprint density at radius 3 is 2.92 bits per heavy atom. The van der Waals surface area contributed by atoms with Crippen LogP contribution in [0, 0.1) is 0 Å². The molecule has 124 valence electrons. The SMILES string of the molecule is C=C/C=C(\N=C)C(C)Nc1nc(C(=O)N2CCC2)c2sccc2n1. The maximum atomic E-state index is 12.6. The van der Waals surface area contributed by atoms with Gasteiger partial charge < -0.3 is 10.2 Å². The molecule has 3 heterocycles. The number of nitrogens with zero attached hydrogens (tertiary/aromatic N) is 4. The molecule has 0 saturated carbocycles. The molecule has 0 aromatic carbocycles. The van der Waals surface area contributed by atoms with Crippen molar-refractivity contribution in [3.05, 3.63) is 41.6 Å². The molecule has 1 aliphatic heterocycles. The zero-order valence-electron chi connectivity index (χ0n) is 13.5. The predicted octanol–water partition coefficient (Wildman–Crippen LogP) is 3.11. The lowest BCUT2D eigenvalue weighted by Gasteiger charge is -2.30. The summed E-state index contributed by atoms with van der Waals surface area (Å²) in [4.78, 5) is 27.4. The van der Waals surface area contributed by atoms with Crippen molar-refractivity contribution in [2.75, 3.05) is 18.4 Å². The number of carbonyl (C=O) groups is 1. The molecule has 3 rings (SSSR count). The van der Waals surface area contributed by atoms with Crippen LogP contribution >= 0.6 is 11.3 Å². The molecule has 1 saturated heterocycles. The van der Waals surface area contributed by atoms with Crippen LogP contribution in [0.3, 0.4) is 0 Å². The maximum Gasteiger partial charge on any atom is 0.274 e. The number of nitrogens with one attached hydrogen (secondary N) is 1.